The van der Waals surface area contributed by atoms with Crippen LogP contribution in [0.4, 0.5) is 0 Å². The second kappa shape index (κ2) is 5.57. The SMILES string of the molecule is CC/C=C\C=C(/C)CO. The second-order valence-corrected chi connectivity index (χ2v) is 2.01. The molecule has 9 heavy (non-hydrogen) atoms. The van der Waals surface area contributed by atoms with Crippen LogP contribution in [0.2, 0.25) is 0 Å². The lowest BCUT2D eigenvalue weighted by atomic mass is 10.3. The lowest BCUT2D eigenvalue weighted by Crippen LogP contribution is -1.80. The number of aliphatic hydroxyl groups is 1. The zero-order chi connectivity index (χ0) is 7.11. The van der Waals surface area contributed by atoms with Gasteiger partial charge >= 0.3 is 0 Å². The van der Waals surface area contributed by atoms with Crippen LogP contribution >= 0.6 is 0 Å². The van der Waals surface area contributed by atoms with Crippen LogP contribution in [0, 0.1) is 0 Å². The highest BCUT2D eigenvalue weighted by Crippen LogP contribution is 1.90. The molecule has 0 heterocycles. The molecule has 0 bridgehead atoms. The van der Waals surface area contributed by atoms with E-state index in [1.54, 1.807) is 0 Å². The van der Waals surface area contributed by atoms with Crippen LogP contribution in [-0.2, 0) is 0 Å². The Kier molecular flexibility index (Phi) is 5.23. The fraction of sp³-hybridized carbons (Fsp3) is 0.500. The Morgan fingerprint density at radius 1 is 1.56 bits per heavy atom. The molecule has 0 aromatic rings. The summed E-state index contributed by atoms with van der Waals surface area (Å²) < 4.78 is 0. The first-order valence-electron chi connectivity index (χ1n) is 3.24. The molecule has 0 unspecified atom stereocenters. The molecule has 1 heteroatoms. The smallest absolute Gasteiger partial charge is 0.0642 e. The largest absolute Gasteiger partial charge is 0.392 e. The molecule has 0 radical (unpaired) electrons. The van der Waals surface area contributed by atoms with Crippen molar-refractivity contribution in [3.8, 4) is 0 Å². The molecular weight excluding hydrogens is 112 g/mol. The Labute approximate surface area is 56.7 Å². The molecule has 0 saturated heterocycles. The molecule has 0 amide bonds. The van der Waals surface area contributed by atoms with E-state index in [4.69, 9.17) is 5.11 Å². The highest BCUT2D eigenvalue weighted by molar-refractivity contribution is 5.10. The molecule has 0 aliphatic carbocycles. The molecule has 0 aliphatic rings. The van der Waals surface area contributed by atoms with Crippen LogP contribution in [0.1, 0.15) is 20.3 Å². The minimum Gasteiger partial charge on any atom is -0.392 e. The Morgan fingerprint density at radius 3 is 2.67 bits per heavy atom. The Hall–Kier alpha value is -0.560. The summed E-state index contributed by atoms with van der Waals surface area (Å²) in [4.78, 5) is 0. The molecule has 0 fully saturated rings. The van der Waals surface area contributed by atoms with Gasteiger partial charge in [0.15, 0.2) is 0 Å². The van der Waals surface area contributed by atoms with Gasteiger partial charge in [-0.2, -0.15) is 0 Å². The first-order valence-corrected chi connectivity index (χ1v) is 3.24. The molecule has 52 valence electrons. The summed E-state index contributed by atoms with van der Waals surface area (Å²) in [7, 11) is 0. The van der Waals surface area contributed by atoms with E-state index >= 15 is 0 Å². The predicted molar refractivity (Wildman–Crippen MR) is 40.3 cm³/mol. The lowest BCUT2D eigenvalue weighted by Gasteiger charge is -1.87. The van der Waals surface area contributed by atoms with Crippen LogP contribution in [-0.4, -0.2) is 11.7 Å². The summed E-state index contributed by atoms with van der Waals surface area (Å²) >= 11 is 0. The third kappa shape index (κ3) is 5.31. The zero-order valence-electron chi connectivity index (χ0n) is 6.09. The van der Waals surface area contributed by atoms with Gasteiger partial charge in [0, 0.05) is 0 Å². The van der Waals surface area contributed by atoms with Gasteiger partial charge in [0.25, 0.3) is 0 Å². The molecule has 1 nitrogen and oxygen atoms in total. The van der Waals surface area contributed by atoms with Crippen molar-refractivity contribution >= 4 is 0 Å². The molecule has 0 saturated carbocycles. The van der Waals surface area contributed by atoms with Gasteiger partial charge in [-0.25, -0.2) is 0 Å². The molecule has 0 aromatic carbocycles. The minimum atomic E-state index is 0.161. The van der Waals surface area contributed by atoms with Crippen molar-refractivity contribution in [3.63, 3.8) is 0 Å². The molecule has 1 N–H and O–H groups in total. The van der Waals surface area contributed by atoms with Crippen molar-refractivity contribution in [2.75, 3.05) is 6.61 Å². The van der Waals surface area contributed by atoms with Crippen LogP contribution in [0.5, 0.6) is 0 Å². The second-order valence-electron chi connectivity index (χ2n) is 2.01. The van der Waals surface area contributed by atoms with E-state index in [2.05, 4.69) is 13.0 Å². The summed E-state index contributed by atoms with van der Waals surface area (Å²) in [5, 5.41) is 8.53. The first kappa shape index (κ1) is 8.44. The van der Waals surface area contributed by atoms with Crippen LogP contribution in [0.25, 0.3) is 0 Å². The molecule has 0 aliphatic heterocycles. The van der Waals surface area contributed by atoms with Crippen molar-refractivity contribution in [2.24, 2.45) is 0 Å². The summed E-state index contributed by atoms with van der Waals surface area (Å²) in [5.74, 6) is 0. The number of hydrogen-bond donors (Lipinski definition) is 1. The molecule has 0 spiro atoms. The number of hydrogen-bond acceptors (Lipinski definition) is 1. The summed E-state index contributed by atoms with van der Waals surface area (Å²) in [5.41, 5.74) is 1.000. The van der Waals surface area contributed by atoms with E-state index in [9.17, 15) is 0 Å². The number of allylic oxidation sites excluding steroid dienone is 3. The average Bonchev–Trinajstić information content (AvgIpc) is 1.89. The van der Waals surface area contributed by atoms with Crippen molar-refractivity contribution in [1.82, 2.24) is 0 Å². The monoisotopic (exact) mass is 126 g/mol. The fourth-order valence-corrected chi connectivity index (χ4v) is 0.421. The Bertz CT molecular complexity index is 112. The van der Waals surface area contributed by atoms with Gasteiger partial charge in [0.1, 0.15) is 0 Å². The van der Waals surface area contributed by atoms with Gasteiger partial charge in [0.05, 0.1) is 6.61 Å². The van der Waals surface area contributed by atoms with E-state index in [1.165, 1.54) is 0 Å². The standard InChI is InChI=1S/C8H14O/c1-3-4-5-6-8(2)7-9/h4-6,9H,3,7H2,1-2H3/b5-4-,8-6+. The normalized spacial score (nSPS) is 13.0. The Balaban J connectivity index is 3.55. The van der Waals surface area contributed by atoms with Gasteiger partial charge < -0.3 is 5.11 Å². The third-order valence-corrected chi connectivity index (χ3v) is 1.00. The number of rotatable bonds is 3. The summed E-state index contributed by atoms with van der Waals surface area (Å²) in [6.07, 6.45) is 6.99. The average molecular weight is 126 g/mol. The van der Waals surface area contributed by atoms with E-state index < -0.39 is 0 Å². The van der Waals surface area contributed by atoms with Gasteiger partial charge in [0.2, 0.25) is 0 Å². The quantitative estimate of drug-likeness (QED) is 0.572. The van der Waals surface area contributed by atoms with Crippen LogP contribution in [0.3, 0.4) is 0 Å². The molecular formula is C8H14O. The minimum absolute atomic E-state index is 0.161. The zero-order valence-corrected chi connectivity index (χ0v) is 6.09. The van der Waals surface area contributed by atoms with Crippen molar-refractivity contribution in [2.45, 2.75) is 20.3 Å². The van der Waals surface area contributed by atoms with Crippen molar-refractivity contribution in [3.05, 3.63) is 23.8 Å². The maximum Gasteiger partial charge on any atom is 0.0642 e. The van der Waals surface area contributed by atoms with E-state index in [1.807, 2.05) is 19.1 Å². The van der Waals surface area contributed by atoms with Crippen molar-refractivity contribution < 1.29 is 5.11 Å². The molecule has 0 aromatic heterocycles. The lowest BCUT2D eigenvalue weighted by molar-refractivity contribution is 0.331. The van der Waals surface area contributed by atoms with Crippen molar-refractivity contribution in [1.29, 1.82) is 0 Å². The maximum atomic E-state index is 8.53. The predicted octanol–water partition coefficient (Wildman–Crippen LogP) is 1.89. The maximum absolute atomic E-state index is 8.53. The van der Waals surface area contributed by atoms with E-state index in [0.717, 1.165) is 12.0 Å². The topological polar surface area (TPSA) is 20.2 Å². The first-order chi connectivity index (χ1) is 4.31. The molecule has 0 atom stereocenters. The third-order valence-electron chi connectivity index (χ3n) is 1.00. The van der Waals surface area contributed by atoms with Gasteiger partial charge in [-0.3, -0.25) is 0 Å². The summed E-state index contributed by atoms with van der Waals surface area (Å²) in [6, 6.07) is 0. The Morgan fingerprint density at radius 2 is 2.22 bits per heavy atom. The van der Waals surface area contributed by atoms with Gasteiger partial charge in [-0.05, 0) is 18.9 Å². The summed E-state index contributed by atoms with van der Waals surface area (Å²) in [6.45, 7) is 4.15. The van der Waals surface area contributed by atoms with E-state index in [0.29, 0.717) is 0 Å². The van der Waals surface area contributed by atoms with Gasteiger partial charge in [-0.15, -0.1) is 0 Å². The highest BCUT2D eigenvalue weighted by Gasteiger charge is 1.77. The highest BCUT2D eigenvalue weighted by atomic mass is 16.3. The van der Waals surface area contributed by atoms with Crippen LogP contribution < -0.4 is 0 Å². The number of aliphatic hydroxyl groups excluding tert-OH is 1. The fourth-order valence-electron chi connectivity index (χ4n) is 0.421. The van der Waals surface area contributed by atoms with Crippen LogP contribution in [0.15, 0.2) is 23.8 Å². The molecule has 0 rings (SSSR count). The van der Waals surface area contributed by atoms with E-state index in [-0.39, 0.29) is 6.61 Å². The van der Waals surface area contributed by atoms with Gasteiger partial charge in [-0.1, -0.05) is 25.2 Å².